The lowest BCUT2D eigenvalue weighted by molar-refractivity contribution is 0.916. The molecule has 4 rings (SSSR count). The van der Waals surface area contributed by atoms with E-state index in [4.69, 9.17) is 5.10 Å². The molecule has 0 fully saturated rings. The Kier molecular flexibility index (Phi) is 2.64. The summed E-state index contributed by atoms with van der Waals surface area (Å²) in [5.74, 6) is 0. The van der Waals surface area contributed by atoms with Gasteiger partial charge in [0.05, 0.1) is 16.1 Å². The topological polar surface area (TPSA) is 17.8 Å². The second-order valence-corrected chi connectivity index (χ2v) is 5.54. The van der Waals surface area contributed by atoms with Gasteiger partial charge in [-0.2, -0.15) is 5.10 Å². The van der Waals surface area contributed by atoms with Crippen LogP contribution >= 0.6 is 11.3 Å². The molecule has 2 heterocycles. The summed E-state index contributed by atoms with van der Waals surface area (Å²) in [6, 6.07) is 22.8. The lowest BCUT2D eigenvalue weighted by Gasteiger charge is -2.02. The number of fused-ring (bicyclic) bond motifs is 1. The number of aromatic nitrogens is 2. The van der Waals surface area contributed by atoms with Crippen molar-refractivity contribution in [2.24, 2.45) is 0 Å². The summed E-state index contributed by atoms with van der Waals surface area (Å²) in [5.41, 5.74) is 3.29. The molecule has 0 aliphatic heterocycles. The van der Waals surface area contributed by atoms with Gasteiger partial charge in [-0.25, -0.2) is 4.68 Å². The van der Waals surface area contributed by atoms with Crippen LogP contribution in [-0.2, 0) is 0 Å². The SMILES string of the molecule is c1ccc(-n2nc(-c3cccs3)c3ccccc32)cc1. The predicted octanol–water partition coefficient (Wildman–Crippen LogP) is 4.75. The lowest BCUT2D eigenvalue weighted by atomic mass is 10.2. The van der Waals surface area contributed by atoms with Crippen molar-refractivity contribution in [2.75, 3.05) is 0 Å². The van der Waals surface area contributed by atoms with Crippen LogP contribution < -0.4 is 0 Å². The number of benzene rings is 2. The van der Waals surface area contributed by atoms with Crippen molar-refractivity contribution < 1.29 is 0 Å². The molecule has 0 radical (unpaired) electrons. The van der Waals surface area contributed by atoms with E-state index in [0.717, 1.165) is 16.9 Å². The van der Waals surface area contributed by atoms with Crippen molar-refractivity contribution in [2.45, 2.75) is 0 Å². The molecule has 0 N–H and O–H groups in total. The molecule has 3 heteroatoms. The summed E-state index contributed by atoms with van der Waals surface area (Å²) in [6.07, 6.45) is 0. The molecule has 2 aromatic carbocycles. The van der Waals surface area contributed by atoms with Gasteiger partial charge in [-0.15, -0.1) is 11.3 Å². The van der Waals surface area contributed by atoms with Crippen molar-refractivity contribution in [1.29, 1.82) is 0 Å². The van der Waals surface area contributed by atoms with E-state index in [1.54, 1.807) is 11.3 Å². The van der Waals surface area contributed by atoms with Gasteiger partial charge >= 0.3 is 0 Å². The van der Waals surface area contributed by atoms with E-state index in [0.29, 0.717) is 0 Å². The maximum atomic E-state index is 4.83. The monoisotopic (exact) mass is 276 g/mol. The molecule has 0 saturated carbocycles. The first-order valence-electron chi connectivity index (χ1n) is 6.50. The van der Waals surface area contributed by atoms with Crippen molar-refractivity contribution >= 4 is 22.2 Å². The summed E-state index contributed by atoms with van der Waals surface area (Å²) in [7, 11) is 0. The summed E-state index contributed by atoms with van der Waals surface area (Å²) in [4.78, 5) is 1.20. The van der Waals surface area contributed by atoms with Gasteiger partial charge in [0.2, 0.25) is 0 Å². The number of rotatable bonds is 2. The second kappa shape index (κ2) is 4.62. The van der Waals surface area contributed by atoms with E-state index < -0.39 is 0 Å². The molecule has 0 amide bonds. The van der Waals surface area contributed by atoms with Gasteiger partial charge in [0, 0.05) is 5.39 Å². The van der Waals surface area contributed by atoms with Crippen molar-refractivity contribution in [1.82, 2.24) is 9.78 Å². The molecule has 0 aliphatic rings. The molecule has 2 aromatic heterocycles. The fraction of sp³-hybridized carbons (Fsp3) is 0. The summed E-state index contributed by atoms with van der Waals surface area (Å²) < 4.78 is 2.02. The maximum absolute atomic E-state index is 4.83. The Morgan fingerprint density at radius 3 is 2.40 bits per heavy atom. The lowest BCUT2D eigenvalue weighted by Crippen LogP contribution is -1.95. The Morgan fingerprint density at radius 2 is 1.60 bits per heavy atom. The minimum absolute atomic E-state index is 1.06. The highest BCUT2D eigenvalue weighted by Crippen LogP contribution is 2.32. The highest BCUT2D eigenvalue weighted by atomic mass is 32.1. The molecule has 0 unspecified atom stereocenters. The molecular formula is C17H12N2S. The summed E-state index contributed by atoms with van der Waals surface area (Å²) in [6.45, 7) is 0. The normalized spacial score (nSPS) is 11.0. The first-order chi connectivity index (χ1) is 9.93. The third-order valence-electron chi connectivity index (χ3n) is 3.34. The molecule has 4 aromatic rings. The Hall–Kier alpha value is -2.39. The Bertz CT molecular complexity index is 845. The van der Waals surface area contributed by atoms with Crippen molar-refractivity contribution in [3.63, 3.8) is 0 Å². The number of nitrogens with zero attached hydrogens (tertiary/aromatic N) is 2. The van der Waals surface area contributed by atoms with Gasteiger partial charge in [0.15, 0.2) is 0 Å². The number of hydrogen-bond donors (Lipinski definition) is 0. The minimum Gasteiger partial charge on any atom is -0.232 e. The molecule has 0 spiro atoms. The van der Waals surface area contributed by atoms with Gasteiger partial charge in [0.25, 0.3) is 0 Å². The van der Waals surface area contributed by atoms with Crippen LogP contribution in [0.5, 0.6) is 0 Å². The molecule has 0 bridgehead atoms. The van der Waals surface area contributed by atoms with Crippen LogP contribution in [0.2, 0.25) is 0 Å². The number of para-hydroxylation sites is 2. The Morgan fingerprint density at radius 1 is 0.800 bits per heavy atom. The fourth-order valence-corrected chi connectivity index (χ4v) is 3.15. The van der Waals surface area contributed by atoms with Crippen molar-refractivity contribution in [3.8, 4) is 16.3 Å². The number of hydrogen-bond acceptors (Lipinski definition) is 2. The molecule has 0 atom stereocenters. The van der Waals surface area contributed by atoms with E-state index in [9.17, 15) is 0 Å². The molecule has 20 heavy (non-hydrogen) atoms. The average molecular weight is 276 g/mol. The smallest absolute Gasteiger partial charge is 0.111 e. The van der Waals surface area contributed by atoms with Gasteiger partial charge < -0.3 is 0 Å². The Labute approximate surface area is 120 Å². The van der Waals surface area contributed by atoms with Crippen LogP contribution in [0, 0.1) is 0 Å². The van der Waals surface area contributed by atoms with Crippen LogP contribution in [0.1, 0.15) is 0 Å². The van der Waals surface area contributed by atoms with Gasteiger partial charge in [-0.3, -0.25) is 0 Å². The average Bonchev–Trinajstić information content (AvgIpc) is 3.15. The highest BCUT2D eigenvalue weighted by molar-refractivity contribution is 7.13. The van der Waals surface area contributed by atoms with Gasteiger partial charge in [-0.05, 0) is 29.6 Å². The molecule has 0 aliphatic carbocycles. The van der Waals surface area contributed by atoms with Gasteiger partial charge in [0.1, 0.15) is 5.69 Å². The predicted molar refractivity (Wildman–Crippen MR) is 84.4 cm³/mol. The highest BCUT2D eigenvalue weighted by Gasteiger charge is 2.13. The molecule has 0 saturated heterocycles. The van der Waals surface area contributed by atoms with E-state index in [2.05, 4.69) is 53.9 Å². The van der Waals surface area contributed by atoms with Gasteiger partial charge in [-0.1, -0.05) is 42.5 Å². The first kappa shape index (κ1) is 11.4. The summed E-state index contributed by atoms with van der Waals surface area (Å²) in [5, 5.41) is 8.11. The first-order valence-corrected chi connectivity index (χ1v) is 7.38. The van der Waals surface area contributed by atoms with Crippen molar-refractivity contribution in [3.05, 3.63) is 72.1 Å². The third kappa shape index (κ3) is 1.75. The standard InChI is InChI=1S/C17H12N2S/c1-2-7-13(8-3-1)19-15-10-5-4-9-14(15)17(18-19)16-11-6-12-20-16/h1-12H. The molecule has 2 nitrogen and oxygen atoms in total. The van der Waals surface area contributed by atoms with Crippen LogP contribution in [0.4, 0.5) is 0 Å². The zero-order valence-corrected chi connectivity index (χ0v) is 11.5. The van der Waals surface area contributed by atoms with E-state index in [-0.39, 0.29) is 0 Å². The minimum atomic E-state index is 1.06. The van der Waals surface area contributed by atoms with Crippen LogP contribution in [0.3, 0.4) is 0 Å². The van der Waals surface area contributed by atoms with Crippen LogP contribution in [-0.4, -0.2) is 9.78 Å². The van der Waals surface area contributed by atoms with Crippen LogP contribution in [0.15, 0.2) is 72.1 Å². The molecule has 96 valence electrons. The summed E-state index contributed by atoms with van der Waals surface area (Å²) >= 11 is 1.72. The van der Waals surface area contributed by atoms with E-state index >= 15 is 0 Å². The fourth-order valence-electron chi connectivity index (χ4n) is 2.43. The quantitative estimate of drug-likeness (QED) is 0.516. The van der Waals surface area contributed by atoms with E-state index in [1.165, 1.54) is 10.3 Å². The second-order valence-electron chi connectivity index (χ2n) is 4.59. The number of thiophene rings is 1. The van der Waals surface area contributed by atoms with E-state index in [1.807, 2.05) is 22.9 Å². The maximum Gasteiger partial charge on any atom is 0.111 e. The molecular weight excluding hydrogens is 264 g/mol. The van der Waals surface area contributed by atoms with Crippen LogP contribution in [0.25, 0.3) is 27.2 Å². The third-order valence-corrected chi connectivity index (χ3v) is 4.22. The zero-order chi connectivity index (χ0) is 13.4. The zero-order valence-electron chi connectivity index (χ0n) is 10.7. The Balaban J connectivity index is 2.04. The largest absolute Gasteiger partial charge is 0.232 e.